The van der Waals surface area contributed by atoms with Crippen molar-refractivity contribution in [3.05, 3.63) is 18.2 Å². The van der Waals surface area contributed by atoms with Gasteiger partial charge in [0.15, 0.2) is 0 Å². The van der Waals surface area contributed by atoms with Crippen molar-refractivity contribution in [2.75, 3.05) is 6.54 Å². The van der Waals surface area contributed by atoms with E-state index in [4.69, 9.17) is 4.74 Å². The Kier molecular flexibility index (Phi) is 5.92. The third kappa shape index (κ3) is 5.11. The lowest BCUT2D eigenvalue weighted by atomic mass is 9.87. The molecule has 0 aromatic carbocycles. The lowest BCUT2D eigenvalue weighted by molar-refractivity contribution is -0.138. The monoisotopic (exact) mass is 375 g/mol. The molecule has 0 radical (unpaired) electrons. The van der Waals surface area contributed by atoms with E-state index in [-0.39, 0.29) is 17.7 Å². The van der Waals surface area contributed by atoms with Crippen LogP contribution in [0.25, 0.3) is 0 Å². The van der Waals surface area contributed by atoms with E-state index < -0.39 is 11.7 Å². The fraction of sp³-hybridized carbons (Fsp3) is 0.762. The van der Waals surface area contributed by atoms with Gasteiger partial charge >= 0.3 is 6.09 Å². The Labute approximate surface area is 162 Å². The standard InChI is InChI=1S/C21H33N3O3/c1-15-10-16(19(25)24(12-15)20(26)27-21(2,3)4)11-17-13-23(14-22-17)18-8-6-5-7-9-18/h13-16,18H,5-12H2,1-4H3/t15-,16-/m1/s1. The molecule has 3 rings (SSSR count). The number of hydrogen-bond donors (Lipinski definition) is 0. The third-order valence-electron chi connectivity index (χ3n) is 5.52. The summed E-state index contributed by atoms with van der Waals surface area (Å²) in [5.74, 6) is -0.0776. The van der Waals surface area contributed by atoms with Crippen LogP contribution in [0.2, 0.25) is 0 Å². The van der Waals surface area contributed by atoms with Crippen molar-refractivity contribution in [1.29, 1.82) is 0 Å². The first-order valence-electron chi connectivity index (χ1n) is 10.3. The van der Waals surface area contributed by atoms with E-state index in [2.05, 4.69) is 22.7 Å². The summed E-state index contributed by atoms with van der Waals surface area (Å²) in [5, 5.41) is 0. The molecule has 1 aromatic rings. The number of rotatable bonds is 3. The van der Waals surface area contributed by atoms with Crippen LogP contribution in [0.1, 0.15) is 78.0 Å². The molecule has 1 aromatic heterocycles. The highest BCUT2D eigenvalue weighted by molar-refractivity contribution is 5.94. The maximum atomic E-state index is 12.9. The fourth-order valence-electron chi connectivity index (χ4n) is 4.25. The summed E-state index contributed by atoms with van der Waals surface area (Å²) in [6.45, 7) is 7.96. The zero-order valence-corrected chi connectivity index (χ0v) is 17.1. The number of imide groups is 1. The first-order valence-corrected chi connectivity index (χ1v) is 10.3. The van der Waals surface area contributed by atoms with Crippen LogP contribution in [0.3, 0.4) is 0 Å². The van der Waals surface area contributed by atoms with Crippen molar-refractivity contribution < 1.29 is 14.3 Å². The summed E-state index contributed by atoms with van der Waals surface area (Å²) in [5.41, 5.74) is 0.337. The van der Waals surface area contributed by atoms with Gasteiger partial charge in [-0.05, 0) is 46.0 Å². The van der Waals surface area contributed by atoms with Gasteiger partial charge in [-0.25, -0.2) is 14.7 Å². The van der Waals surface area contributed by atoms with E-state index in [0.717, 1.165) is 12.1 Å². The molecule has 1 aliphatic heterocycles. The van der Waals surface area contributed by atoms with Crippen LogP contribution in [-0.2, 0) is 16.0 Å². The number of carbonyl (C=O) groups is 2. The van der Waals surface area contributed by atoms with Crippen molar-refractivity contribution >= 4 is 12.0 Å². The van der Waals surface area contributed by atoms with Gasteiger partial charge in [-0.1, -0.05) is 26.2 Å². The van der Waals surface area contributed by atoms with Gasteiger partial charge in [-0.2, -0.15) is 0 Å². The topological polar surface area (TPSA) is 64.4 Å². The number of nitrogens with zero attached hydrogens (tertiary/aromatic N) is 3. The molecule has 2 aliphatic rings. The summed E-state index contributed by atoms with van der Waals surface area (Å²) >= 11 is 0. The van der Waals surface area contributed by atoms with E-state index in [1.807, 2.05) is 27.1 Å². The minimum absolute atomic E-state index is 0.130. The van der Waals surface area contributed by atoms with Crippen molar-refractivity contribution in [1.82, 2.24) is 14.5 Å². The summed E-state index contributed by atoms with van der Waals surface area (Å²) in [4.78, 5) is 31.2. The fourth-order valence-corrected chi connectivity index (χ4v) is 4.25. The molecule has 1 aliphatic carbocycles. The van der Waals surface area contributed by atoms with Crippen LogP contribution in [0.4, 0.5) is 4.79 Å². The molecule has 2 heterocycles. The highest BCUT2D eigenvalue weighted by atomic mass is 16.6. The maximum Gasteiger partial charge on any atom is 0.417 e. The second kappa shape index (κ2) is 8.03. The van der Waals surface area contributed by atoms with Gasteiger partial charge in [0, 0.05) is 31.1 Å². The molecule has 150 valence electrons. The number of carbonyl (C=O) groups excluding carboxylic acids is 2. The Morgan fingerprint density at radius 3 is 2.63 bits per heavy atom. The molecule has 1 saturated heterocycles. The Bertz CT molecular complexity index is 670. The molecule has 2 atom stereocenters. The van der Waals surface area contributed by atoms with Crippen LogP contribution in [-0.4, -0.2) is 38.6 Å². The first kappa shape index (κ1) is 19.9. The Morgan fingerprint density at radius 2 is 1.96 bits per heavy atom. The summed E-state index contributed by atoms with van der Waals surface area (Å²) in [6, 6.07) is 0.541. The minimum Gasteiger partial charge on any atom is -0.443 e. The number of piperidine rings is 1. The van der Waals surface area contributed by atoms with E-state index in [9.17, 15) is 9.59 Å². The average Bonchev–Trinajstić information content (AvgIpc) is 3.05. The molecule has 2 amide bonds. The number of hydrogen-bond acceptors (Lipinski definition) is 4. The smallest absolute Gasteiger partial charge is 0.417 e. The number of likely N-dealkylation sites (tertiary alicyclic amines) is 1. The SMILES string of the molecule is C[C@@H]1C[C@H](Cc2cn(C3CCCCC3)cn2)C(=O)N(C(=O)OC(C)(C)C)C1. The van der Waals surface area contributed by atoms with Gasteiger partial charge in [0.2, 0.25) is 5.91 Å². The largest absolute Gasteiger partial charge is 0.443 e. The molecule has 6 nitrogen and oxygen atoms in total. The van der Waals surface area contributed by atoms with E-state index in [0.29, 0.717) is 19.0 Å². The molecular formula is C21H33N3O3. The predicted octanol–water partition coefficient (Wildman–Crippen LogP) is 4.35. The second-order valence-corrected chi connectivity index (χ2v) is 9.28. The van der Waals surface area contributed by atoms with E-state index in [1.54, 1.807) is 0 Å². The molecule has 0 spiro atoms. The quantitative estimate of drug-likeness (QED) is 0.788. The van der Waals surface area contributed by atoms with Crippen LogP contribution in [0.15, 0.2) is 12.5 Å². The number of amides is 2. The van der Waals surface area contributed by atoms with Crippen molar-refractivity contribution in [3.8, 4) is 0 Å². The Balaban J connectivity index is 1.66. The normalized spacial score (nSPS) is 24.9. The van der Waals surface area contributed by atoms with E-state index >= 15 is 0 Å². The molecule has 27 heavy (non-hydrogen) atoms. The first-order chi connectivity index (χ1) is 12.7. The molecule has 0 unspecified atom stereocenters. The van der Waals surface area contributed by atoms with Crippen LogP contribution >= 0.6 is 0 Å². The number of ether oxygens (including phenoxy) is 1. The van der Waals surface area contributed by atoms with Crippen molar-refractivity contribution in [2.45, 2.75) is 84.3 Å². The maximum absolute atomic E-state index is 12.9. The van der Waals surface area contributed by atoms with Crippen molar-refractivity contribution in [3.63, 3.8) is 0 Å². The minimum atomic E-state index is -0.605. The van der Waals surface area contributed by atoms with Gasteiger partial charge < -0.3 is 9.30 Å². The van der Waals surface area contributed by atoms with Gasteiger partial charge in [-0.15, -0.1) is 0 Å². The summed E-state index contributed by atoms with van der Waals surface area (Å²) in [7, 11) is 0. The van der Waals surface area contributed by atoms with Crippen molar-refractivity contribution in [2.24, 2.45) is 11.8 Å². The molecule has 2 fully saturated rings. The third-order valence-corrected chi connectivity index (χ3v) is 5.52. The van der Waals surface area contributed by atoms with Gasteiger partial charge in [0.25, 0.3) is 0 Å². The van der Waals surface area contributed by atoms with Gasteiger partial charge in [0.1, 0.15) is 5.60 Å². The summed E-state index contributed by atoms with van der Waals surface area (Å²) < 4.78 is 7.64. The van der Waals surface area contributed by atoms with E-state index in [1.165, 1.54) is 37.0 Å². The average molecular weight is 376 g/mol. The zero-order valence-electron chi connectivity index (χ0n) is 17.1. The lowest BCUT2D eigenvalue weighted by Crippen LogP contribution is -2.50. The Hall–Kier alpha value is -1.85. The molecule has 6 heteroatoms. The highest BCUT2D eigenvalue weighted by Gasteiger charge is 2.38. The van der Waals surface area contributed by atoms with Crippen LogP contribution in [0.5, 0.6) is 0 Å². The Morgan fingerprint density at radius 1 is 1.26 bits per heavy atom. The molecule has 1 saturated carbocycles. The predicted molar refractivity (Wildman–Crippen MR) is 103 cm³/mol. The van der Waals surface area contributed by atoms with Gasteiger partial charge in [0.05, 0.1) is 12.0 Å². The molecule has 0 bridgehead atoms. The molecule has 0 N–H and O–H groups in total. The van der Waals surface area contributed by atoms with Gasteiger partial charge in [-0.3, -0.25) is 4.79 Å². The van der Waals surface area contributed by atoms with Crippen LogP contribution in [0, 0.1) is 11.8 Å². The number of aromatic nitrogens is 2. The second-order valence-electron chi connectivity index (χ2n) is 9.28. The highest BCUT2D eigenvalue weighted by Crippen LogP contribution is 2.30. The lowest BCUT2D eigenvalue weighted by Gasteiger charge is -2.35. The molecular weight excluding hydrogens is 342 g/mol. The zero-order chi connectivity index (χ0) is 19.6. The summed E-state index contributed by atoms with van der Waals surface area (Å²) in [6.07, 6.45) is 11.2. The number of imidazole rings is 1. The van der Waals surface area contributed by atoms with Crippen LogP contribution < -0.4 is 0 Å².